The summed E-state index contributed by atoms with van der Waals surface area (Å²) < 4.78 is 7.32. The number of carbonyl (C=O) groups excluding carboxylic acids is 1. The first-order chi connectivity index (χ1) is 16.0. The number of nitrogens with zero attached hydrogens (tertiary/aromatic N) is 5. The van der Waals surface area contributed by atoms with Gasteiger partial charge in [0.15, 0.2) is 12.2 Å². The molecule has 172 valence electrons. The van der Waals surface area contributed by atoms with Gasteiger partial charge in [-0.25, -0.2) is 4.98 Å². The van der Waals surface area contributed by atoms with Gasteiger partial charge in [0.2, 0.25) is 0 Å². The molecule has 2 fully saturated rings. The largest absolute Gasteiger partial charge is 0.378 e. The monoisotopic (exact) mass is 486 g/mol. The summed E-state index contributed by atoms with van der Waals surface area (Å²) >= 11 is 7.73. The highest BCUT2D eigenvalue weighted by Crippen LogP contribution is 2.32. The molecule has 1 aromatic heterocycles. The number of ether oxygens (including phenoxy) is 1. The van der Waals surface area contributed by atoms with Gasteiger partial charge in [0, 0.05) is 66.1 Å². The van der Waals surface area contributed by atoms with E-state index in [4.69, 9.17) is 21.3 Å². The van der Waals surface area contributed by atoms with Gasteiger partial charge in [-0.3, -0.25) is 4.79 Å². The van der Waals surface area contributed by atoms with E-state index in [1.54, 1.807) is 23.5 Å². The van der Waals surface area contributed by atoms with Gasteiger partial charge in [-0.2, -0.15) is 0 Å². The maximum atomic E-state index is 13.6. The Labute approximate surface area is 200 Å². The Morgan fingerprint density at radius 3 is 2.52 bits per heavy atom. The van der Waals surface area contributed by atoms with Crippen molar-refractivity contribution < 1.29 is 14.3 Å². The second-order valence-electron chi connectivity index (χ2n) is 8.19. The molecule has 2 aromatic carbocycles. The highest BCUT2D eigenvalue weighted by atomic mass is 35.5. The molecule has 2 aliphatic rings. The molecule has 2 saturated heterocycles. The van der Waals surface area contributed by atoms with E-state index in [-0.39, 0.29) is 5.91 Å². The summed E-state index contributed by atoms with van der Waals surface area (Å²) in [5.74, 6) is -0.0454. The number of aromatic nitrogens is 1. The highest BCUT2D eigenvalue weighted by Gasteiger charge is 2.28. The van der Waals surface area contributed by atoms with Crippen molar-refractivity contribution in [1.29, 1.82) is 0 Å². The summed E-state index contributed by atoms with van der Waals surface area (Å²) in [4.78, 5) is 36.5. The first-order valence-corrected chi connectivity index (χ1v) is 12.2. The molecule has 0 radical (unpaired) electrons. The van der Waals surface area contributed by atoms with Gasteiger partial charge in [-0.05, 0) is 24.3 Å². The lowest BCUT2D eigenvalue weighted by molar-refractivity contribution is -0.428. The molecule has 1 amide bonds. The highest BCUT2D eigenvalue weighted by molar-refractivity contribution is 7.22. The molecule has 0 spiro atoms. The number of benzene rings is 2. The number of carbonyl (C=O) groups is 1. The molecular weight excluding hydrogens is 462 g/mol. The fourth-order valence-corrected chi connectivity index (χ4v) is 5.56. The average Bonchev–Trinajstić information content (AvgIpc) is 3.27. The van der Waals surface area contributed by atoms with E-state index in [0.29, 0.717) is 55.7 Å². The van der Waals surface area contributed by atoms with Crippen molar-refractivity contribution in [3.63, 3.8) is 0 Å². The van der Waals surface area contributed by atoms with Crippen molar-refractivity contribution in [2.45, 2.75) is 0 Å². The summed E-state index contributed by atoms with van der Waals surface area (Å²) in [7, 11) is 1.45. The van der Waals surface area contributed by atoms with Crippen molar-refractivity contribution in [3.05, 3.63) is 51.9 Å². The number of rotatable bonds is 4. The van der Waals surface area contributed by atoms with E-state index in [9.17, 15) is 9.70 Å². The third-order valence-electron chi connectivity index (χ3n) is 6.10. The summed E-state index contributed by atoms with van der Waals surface area (Å²) in [6.45, 7) is 5.29. The molecule has 3 heterocycles. The quantitative estimate of drug-likeness (QED) is 0.523. The zero-order valence-electron chi connectivity index (χ0n) is 18.4. The number of amides is 1. The molecule has 8 nitrogen and oxygen atoms in total. The number of fused-ring (bicyclic) bond motifs is 1. The van der Waals surface area contributed by atoms with Crippen molar-refractivity contribution in [3.8, 4) is 0 Å². The van der Waals surface area contributed by atoms with E-state index in [1.807, 2.05) is 29.2 Å². The van der Waals surface area contributed by atoms with Crippen LogP contribution in [-0.2, 0) is 4.74 Å². The maximum Gasteiger partial charge on any atom is 0.256 e. The molecule has 5 rings (SSSR count). The zero-order chi connectivity index (χ0) is 22.9. The number of anilines is 2. The lowest BCUT2D eigenvalue weighted by atomic mass is 10.1. The predicted molar refractivity (Wildman–Crippen MR) is 131 cm³/mol. The van der Waals surface area contributed by atoms with Crippen LogP contribution in [-0.4, -0.2) is 80.1 Å². The number of thiazole rings is 1. The lowest BCUT2D eigenvalue weighted by Crippen LogP contribution is -2.49. The van der Waals surface area contributed by atoms with E-state index < -0.39 is 0 Å². The van der Waals surface area contributed by atoms with E-state index in [2.05, 4.69) is 9.80 Å². The minimum atomic E-state index is -0.0454. The van der Waals surface area contributed by atoms with Crippen LogP contribution in [0.5, 0.6) is 0 Å². The topological polar surface area (TPSA) is 69.0 Å². The van der Waals surface area contributed by atoms with Crippen LogP contribution in [0.4, 0.5) is 16.5 Å². The Morgan fingerprint density at radius 2 is 1.79 bits per heavy atom. The summed E-state index contributed by atoms with van der Waals surface area (Å²) in [5.41, 5.74) is 2.84. The molecule has 2 aliphatic heterocycles. The Kier molecular flexibility index (Phi) is 6.18. The van der Waals surface area contributed by atoms with Gasteiger partial charge < -0.3 is 19.4 Å². The predicted octanol–water partition coefficient (Wildman–Crippen LogP) is 3.79. The number of morpholine rings is 1. The number of piperazine rings is 1. The van der Waals surface area contributed by atoms with Crippen LogP contribution in [0.3, 0.4) is 0 Å². The molecule has 0 N–H and O–H groups in total. The normalized spacial score (nSPS) is 17.0. The number of hydrogen-bond donors (Lipinski definition) is 0. The first-order valence-electron chi connectivity index (χ1n) is 11.0. The van der Waals surface area contributed by atoms with Crippen molar-refractivity contribution >= 4 is 55.6 Å². The second-order valence-corrected chi connectivity index (χ2v) is 9.63. The van der Waals surface area contributed by atoms with Crippen molar-refractivity contribution in [2.24, 2.45) is 0 Å². The lowest BCUT2D eigenvalue weighted by Gasteiger charge is -2.36. The van der Waals surface area contributed by atoms with Crippen molar-refractivity contribution in [2.75, 3.05) is 69.3 Å². The minimum Gasteiger partial charge on any atom is -0.378 e. The summed E-state index contributed by atoms with van der Waals surface area (Å²) in [5, 5.41) is 1.65. The smallest absolute Gasteiger partial charge is 0.256 e. The summed E-state index contributed by atoms with van der Waals surface area (Å²) in [6.07, 6.45) is 0. The zero-order valence-corrected chi connectivity index (χ0v) is 19.9. The van der Waals surface area contributed by atoms with Gasteiger partial charge in [0.1, 0.15) is 0 Å². The maximum absolute atomic E-state index is 13.6. The Hall–Kier alpha value is -2.75. The first kappa shape index (κ1) is 22.1. The molecule has 0 unspecified atom stereocenters. The number of halogens is 1. The molecule has 33 heavy (non-hydrogen) atoms. The van der Waals surface area contributed by atoms with E-state index >= 15 is 0 Å². The Morgan fingerprint density at radius 1 is 1.03 bits per heavy atom. The van der Waals surface area contributed by atoms with Crippen LogP contribution >= 0.6 is 22.9 Å². The standard InChI is InChI=1S/C23H25ClN5O3S/c1-26(31)17-3-5-20(27-10-12-32-13-11-27)18(15-17)22(30)28-6-8-29(9-7-28)23-25-19-4-2-16(24)14-21(19)33-23/h2-5,14-15H,6-13H2,1H3/q+1. The third-order valence-corrected chi connectivity index (χ3v) is 7.42. The minimum absolute atomic E-state index is 0.0454. The van der Waals surface area contributed by atoms with Gasteiger partial charge in [-0.1, -0.05) is 22.9 Å². The van der Waals surface area contributed by atoms with Crippen LogP contribution < -0.4 is 9.80 Å². The molecule has 0 atom stereocenters. The van der Waals surface area contributed by atoms with Crippen molar-refractivity contribution in [1.82, 2.24) is 9.88 Å². The molecule has 0 bridgehead atoms. The number of nitroso groups, excluding NO2 is 1. The van der Waals surface area contributed by atoms with Gasteiger partial charge in [0.05, 0.1) is 34.7 Å². The van der Waals surface area contributed by atoms with Crippen LogP contribution in [0.25, 0.3) is 10.2 Å². The van der Waals surface area contributed by atoms with E-state index in [0.717, 1.165) is 38.9 Å². The summed E-state index contributed by atoms with van der Waals surface area (Å²) in [6, 6.07) is 11.1. The molecular formula is C23H25ClN5O3S+. The van der Waals surface area contributed by atoms with Crippen LogP contribution in [0.1, 0.15) is 10.4 Å². The fourth-order valence-electron chi connectivity index (χ4n) is 4.26. The van der Waals surface area contributed by atoms with Crippen LogP contribution in [0.15, 0.2) is 36.4 Å². The van der Waals surface area contributed by atoms with Crippen LogP contribution in [0.2, 0.25) is 5.02 Å². The molecule has 0 saturated carbocycles. The SMILES string of the molecule is C[N+](=O)c1ccc(N2CCOCC2)c(C(=O)N2CCN(c3nc4ccc(Cl)cc4s3)CC2)c1. The van der Waals surface area contributed by atoms with Gasteiger partial charge >= 0.3 is 0 Å². The third kappa shape index (κ3) is 4.53. The average molecular weight is 487 g/mol. The van der Waals surface area contributed by atoms with E-state index in [1.165, 1.54) is 7.05 Å². The molecule has 0 aliphatic carbocycles. The molecule has 3 aromatic rings. The Balaban J connectivity index is 1.34. The van der Waals surface area contributed by atoms with Gasteiger partial charge in [0.25, 0.3) is 11.6 Å². The second kappa shape index (κ2) is 9.24. The number of hydrogen-bond acceptors (Lipinski definition) is 7. The van der Waals surface area contributed by atoms with Gasteiger partial charge in [-0.15, -0.1) is 0 Å². The van der Waals surface area contributed by atoms with Crippen LogP contribution in [0, 0.1) is 4.91 Å². The molecule has 10 heteroatoms. The fraction of sp³-hybridized carbons (Fsp3) is 0.391. The Bertz CT molecular complexity index is 1200.